The van der Waals surface area contributed by atoms with Gasteiger partial charge in [-0.05, 0) is 109 Å². The summed E-state index contributed by atoms with van der Waals surface area (Å²) in [5.41, 5.74) is 15.6. The van der Waals surface area contributed by atoms with Gasteiger partial charge in [0.1, 0.15) is 0 Å². The van der Waals surface area contributed by atoms with E-state index in [2.05, 4.69) is 227 Å². The molecule has 0 unspecified atom stereocenters. The average Bonchev–Trinajstić information content (AvgIpc) is 3.73. The zero-order valence-electron chi connectivity index (χ0n) is 30.0. The van der Waals surface area contributed by atoms with Crippen LogP contribution in [0.2, 0.25) is 0 Å². The van der Waals surface area contributed by atoms with Gasteiger partial charge in [0.2, 0.25) is 0 Å². The minimum Gasteiger partial charge on any atom is -0.309 e. The van der Waals surface area contributed by atoms with E-state index in [0.717, 1.165) is 10.2 Å². The number of rotatable bonds is 5. The summed E-state index contributed by atoms with van der Waals surface area (Å²) in [4.78, 5) is 0. The van der Waals surface area contributed by atoms with Gasteiger partial charge in [-0.1, -0.05) is 180 Å². The van der Waals surface area contributed by atoms with Crippen molar-refractivity contribution in [2.24, 2.45) is 0 Å². The Morgan fingerprint density at radius 2 is 0.909 bits per heavy atom. The number of hydrogen-bond donors (Lipinski definition) is 0. The first-order valence-corrected chi connectivity index (χ1v) is 19.7. The number of benzene rings is 9. The lowest BCUT2D eigenvalue weighted by Gasteiger charge is -2.34. The third kappa shape index (κ3) is 4.85. The molecule has 11 rings (SSSR count). The van der Waals surface area contributed by atoms with Gasteiger partial charge in [-0.25, -0.2) is 0 Å². The van der Waals surface area contributed by atoms with Crippen molar-refractivity contribution in [3.63, 3.8) is 0 Å². The molecule has 0 fully saturated rings. The Morgan fingerprint density at radius 1 is 0.364 bits per heavy atom. The maximum absolute atomic E-state index is 3.63. The van der Waals surface area contributed by atoms with E-state index >= 15 is 0 Å². The molecule has 0 radical (unpaired) electrons. The molecule has 0 saturated carbocycles. The van der Waals surface area contributed by atoms with Crippen LogP contribution in [0.3, 0.4) is 0 Å². The van der Waals surface area contributed by atoms with Crippen molar-refractivity contribution in [3.8, 4) is 39.1 Å². The van der Waals surface area contributed by atoms with Crippen molar-refractivity contribution in [1.82, 2.24) is 4.57 Å². The first-order chi connectivity index (χ1) is 27.2. The van der Waals surface area contributed by atoms with Gasteiger partial charge in [-0.15, -0.1) is 0 Å². The molecule has 2 heteroatoms. The predicted molar refractivity (Wildman–Crippen MR) is 234 cm³/mol. The largest absolute Gasteiger partial charge is 0.309 e. The first kappa shape index (κ1) is 32.0. The summed E-state index contributed by atoms with van der Waals surface area (Å²) >= 11 is 3.63. The van der Waals surface area contributed by atoms with Gasteiger partial charge >= 0.3 is 0 Å². The van der Waals surface area contributed by atoms with Gasteiger partial charge in [-0.3, -0.25) is 0 Å². The molecule has 0 atom stereocenters. The van der Waals surface area contributed by atoms with Crippen LogP contribution < -0.4 is 0 Å². The molecule has 1 aliphatic rings. The Labute approximate surface area is 328 Å². The Morgan fingerprint density at radius 3 is 1.62 bits per heavy atom. The highest BCUT2D eigenvalue weighted by Crippen LogP contribution is 2.56. The Hall–Kier alpha value is -6.48. The van der Waals surface area contributed by atoms with Crippen molar-refractivity contribution in [2.75, 3.05) is 0 Å². The minimum atomic E-state index is -0.481. The topological polar surface area (TPSA) is 4.93 Å². The van der Waals surface area contributed by atoms with E-state index in [-0.39, 0.29) is 0 Å². The van der Waals surface area contributed by atoms with Crippen molar-refractivity contribution >= 4 is 48.5 Å². The molecule has 0 saturated heterocycles. The zero-order valence-corrected chi connectivity index (χ0v) is 31.5. The Balaban J connectivity index is 1.22. The third-order valence-corrected chi connectivity index (χ3v) is 12.3. The van der Waals surface area contributed by atoms with E-state index in [1.807, 2.05) is 0 Å². The molecule has 0 amide bonds. The quantitative estimate of drug-likeness (QED) is 0.164. The summed E-state index contributed by atoms with van der Waals surface area (Å²) in [6.07, 6.45) is 0. The lowest BCUT2D eigenvalue weighted by atomic mass is 9.67. The van der Waals surface area contributed by atoms with Crippen molar-refractivity contribution in [3.05, 3.63) is 233 Å². The molecular weight excluding hydrogens is 730 g/mol. The normalized spacial score (nSPS) is 13.0. The number of hydrogen-bond acceptors (Lipinski definition) is 0. The fraction of sp³-hybridized carbons (Fsp3) is 0.0189. The standard InChI is InChI=1S/C53H34BrN/c54-41-26-23-35(24-27-41)43-19-9-10-20-44(43)38-25-29-47-48-31-36-13-7-8-14-37(36)32-52(48)55(51(47)33-38)42-28-30-46-45-21-11-12-22-49(45)53(50(46)34-42,39-15-3-1-4-16-39)40-17-5-2-6-18-40/h1-34H. The summed E-state index contributed by atoms with van der Waals surface area (Å²) in [5.74, 6) is 0. The Kier molecular flexibility index (Phi) is 7.30. The number of aromatic nitrogens is 1. The lowest BCUT2D eigenvalue weighted by molar-refractivity contribution is 0.767. The van der Waals surface area contributed by atoms with E-state index < -0.39 is 5.41 Å². The molecule has 0 spiro atoms. The minimum absolute atomic E-state index is 0.481. The van der Waals surface area contributed by atoms with E-state index in [1.54, 1.807) is 0 Å². The van der Waals surface area contributed by atoms with Crippen LogP contribution in [0.5, 0.6) is 0 Å². The fourth-order valence-electron chi connectivity index (χ4n) is 9.34. The maximum Gasteiger partial charge on any atom is 0.0714 e. The van der Waals surface area contributed by atoms with E-state index in [1.165, 1.54) is 88.2 Å². The number of fused-ring (bicyclic) bond motifs is 7. The van der Waals surface area contributed by atoms with Crippen LogP contribution in [0.1, 0.15) is 22.3 Å². The molecule has 1 heterocycles. The smallest absolute Gasteiger partial charge is 0.0714 e. The fourth-order valence-corrected chi connectivity index (χ4v) is 9.60. The van der Waals surface area contributed by atoms with E-state index in [9.17, 15) is 0 Å². The highest BCUT2D eigenvalue weighted by atomic mass is 79.9. The van der Waals surface area contributed by atoms with E-state index in [0.29, 0.717) is 0 Å². The SMILES string of the molecule is Brc1ccc(-c2ccccc2-c2ccc3c4cc5ccccc5cc4n(-c4ccc5c(c4)C(c4ccccc4)(c4ccccc4)c4ccccc4-5)c3c2)cc1. The van der Waals surface area contributed by atoms with Crippen LogP contribution in [0, 0.1) is 0 Å². The monoisotopic (exact) mass is 763 g/mol. The van der Waals surface area contributed by atoms with Crippen molar-refractivity contribution < 1.29 is 0 Å². The second-order valence-electron chi connectivity index (χ2n) is 14.6. The molecule has 0 N–H and O–H groups in total. The molecule has 1 aliphatic carbocycles. The Bertz CT molecular complexity index is 3040. The van der Waals surface area contributed by atoms with Gasteiger partial charge in [0.25, 0.3) is 0 Å². The van der Waals surface area contributed by atoms with E-state index in [4.69, 9.17) is 0 Å². The molecule has 10 aromatic rings. The maximum atomic E-state index is 3.63. The summed E-state index contributed by atoms with van der Waals surface area (Å²) in [6.45, 7) is 0. The number of nitrogens with zero attached hydrogens (tertiary/aromatic N) is 1. The van der Waals surface area contributed by atoms with Crippen LogP contribution in [0.15, 0.2) is 211 Å². The molecule has 1 aromatic heterocycles. The molecule has 0 bridgehead atoms. The summed E-state index contributed by atoms with van der Waals surface area (Å²) in [7, 11) is 0. The zero-order chi connectivity index (χ0) is 36.5. The van der Waals surface area contributed by atoms with Crippen LogP contribution in [0.4, 0.5) is 0 Å². The third-order valence-electron chi connectivity index (χ3n) is 11.7. The van der Waals surface area contributed by atoms with Gasteiger partial charge in [0.15, 0.2) is 0 Å². The molecule has 1 nitrogen and oxygen atoms in total. The second kappa shape index (κ2) is 12.6. The molecule has 258 valence electrons. The number of halogens is 1. The van der Waals surface area contributed by atoms with Crippen molar-refractivity contribution in [1.29, 1.82) is 0 Å². The lowest BCUT2D eigenvalue weighted by Crippen LogP contribution is -2.28. The highest BCUT2D eigenvalue weighted by Gasteiger charge is 2.46. The van der Waals surface area contributed by atoms with Gasteiger partial charge in [0.05, 0.1) is 16.4 Å². The van der Waals surface area contributed by atoms with Gasteiger partial charge in [0, 0.05) is 20.9 Å². The van der Waals surface area contributed by atoms with Crippen LogP contribution in [-0.2, 0) is 5.41 Å². The predicted octanol–water partition coefficient (Wildman–Crippen LogP) is 14.4. The van der Waals surface area contributed by atoms with Crippen LogP contribution in [-0.4, -0.2) is 4.57 Å². The molecule has 0 aliphatic heterocycles. The average molecular weight is 765 g/mol. The second-order valence-corrected chi connectivity index (χ2v) is 15.5. The van der Waals surface area contributed by atoms with Crippen LogP contribution in [0.25, 0.3) is 71.6 Å². The summed E-state index contributed by atoms with van der Waals surface area (Å²) < 4.78 is 3.58. The summed E-state index contributed by atoms with van der Waals surface area (Å²) in [6, 6.07) is 76.2. The molecular formula is C53H34BrN. The molecule has 55 heavy (non-hydrogen) atoms. The van der Waals surface area contributed by atoms with Gasteiger partial charge < -0.3 is 4.57 Å². The van der Waals surface area contributed by atoms with Gasteiger partial charge in [-0.2, -0.15) is 0 Å². The highest BCUT2D eigenvalue weighted by molar-refractivity contribution is 9.10. The van der Waals surface area contributed by atoms with Crippen LogP contribution >= 0.6 is 15.9 Å². The van der Waals surface area contributed by atoms with Crippen molar-refractivity contribution in [2.45, 2.75) is 5.41 Å². The first-order valence-electron chi connectivity index (χ1n) is 18.9. The summed E-state index contributed by atoms with van der Waals surface area (Å²) in [5, 5.41) is 4.97. The molecule has 9 aromatic carbocycles.